The summed E-state index contributed by atoms with van der Waals surface area (Å²) in [7, 11) is 0. The molecule has 0 fully saturated rings. The maximum Gasteiger partial charge on any atom is 0.252 e. The van der Waals surface area contributed by atoms with Crippen molar-refractivity contribution < 1.29 is 4.79 Å². The predicted molar refractivity (Wildman–Crippen MR) is 123 cm³/mol. The molecule has 2 aromatic carbocycles. The first-order valence-electron chi connectivity index (χ1n) is 10.6. The highest BCUT2D eigenvalue weighted by atomic mass is 35.5. The van der Waals surface area contributed by atoms with Gasteiger partial charge in [0.25, 0.3) is 5.91 Å². The molecule has 0 saturated heterocycles. The van der Waals surface area contributed by atoms with E-state index in [1.54, 1.807) is 0 Å². The van der Waals surface area contributed by atoms with Crippen molar-refractivity contribution in [1.82, 2.24) is 10.3 Å². The number of rotatable bonds is 10. The second-order valence-corrected chi connectivity index (χ2v) is 7.89. The van der Waals surface area contributed by atoms with Crippen LogP contribution in [-0.4, -0.2) is 17.4 Å². The summed E-state index contributed by atoms with van der Waals surface area (Å²) in [6, 6.07) is 17.2. The van der Waals surface area contributed by atoms with Gasteiger partial charge in [-0.2, -0.15) is 0 Å². The second-order valence-electron chi connectivity index (χ2n) is 7.46. The zero-order chi connectivity index (χ0) is 20.5. The number of benzene rings is 2. The van der Waals surface area contributed by atoms with Crippen molar-refractivity contribution in [3.8, 4) is 11.3 Å². The minimum absolute atomic E-state index is 0.0372. The molecule has 0 atom stereocenters. The number of halogens is 1. The molecule has 0 aliphatic heterocycles. The molecule has 1 heterocycles. The molecule has 4 heteroatoms. The van der Waals surface area contributed by atoms with Crippen LogP contribution in [0.15, 0.2) is 54.6 Å². The SMILES string of the molecule is CCCCCCCCCNC(=O)c1cc(-c2ccc(Cl)cc2)nc2ccccc12. The molecule has 0 aliphatic carbocycles. The monoisotopic (exact) mass is 408 g/mol. The molecule has 0 saturated carbocycles. The van der Waals surface area contributed by atoms with E-state index >= 15 is 0 Å². The Labute approximate surface area is 178 Å². The van der Waals surface area contributed by atoms with E-state index in [1.807, 2.05) is 54.6 Å². The third kappa shape index (κ3) is 6.04. The van der Waals surface area contributed by atoms with Crippen LogP contribution in [0.3, 0.4) is 0 Å². The average Bonchev–Trinajstić information content (AvgIpc) is 2.75. The van der Waals surface area contributed by atoms with Crippen LogP contribution < -0.4 is 5.32 Å². The van der Waals surface area contributed by atoms with Crippen molar-refractivity contribution >= 4 is 28.4 Å². The lowest BCUT2D eigenvalue weighted by Crippen LogP contribution is -2.24. The smallest absolute Gasteiger partial charge is 0.252 e. The Morgan fingerprint density at radius 3 is 2.38 bits per heavy atom. The quantitative estimate of drug-likeness (QED) is 0.365. The van der Waals surface area contributed by atoms with E-state index in [2.05, 4.69) is 12.2 Å². The third-order valence-corrected chi connectivity index (χ3v) is 5.42. The zero-order valence-electron chi connectivity index (χ0n) is 17.1. The Balaban J connectivity index is 1.69. The molecule has 3 aromatic rings. The van der Waals surface area contributed by atoms with Crippen LogP contribution in [0.1, 0.15) is 62.2 Å². The fourth-order valence-electron chi connectivity index (χ4n) is 3.51. The van der Waals surface area contributed by atoms with Gasteiger partial charge in [0.05, 0.1) is 16.8 Å². The molecule has 1 aromatic heterocycles. The maximum atomic E-state index is 12.9. The van der Waals surface area contributed by atoms with Crippen molar-refractivity contribution in [2.75, 3.05) is 6.54 Å². The first-order chi connectivity index (χ1) is 14.2. The molecule has 0 radical (unpaired) electrons. The first kappa shape index (κ1) is 21.3. The molecule has 1 amide bonds. The standard InChI is InChI=1S/C25H29ClN2O/c1-2-3-4-5-6-7-10-17-27-25(29)22-18-24(19-13-15-20(26)16-14-19)28-23-12-9-8-11-21(22)23/h8-9,11-16,18H,2-7,10,17H2,1H3,(H,27,29). The van der Waals surface area contributed by atoms with Crippen LogP contribution >= 0.6 is 11.6 Å². The number of para-hydroxylation sites is 1. The van der Waals surface area contributed by atoms with Crippen LogP contribution in [-0.2, 0) is 0 Å². The summed E-state index contributed by atoms with van der Waals surface area (Å²) in [5, 5.41) is 4.65. The van der Waals surface area contributed by atoms with Crippen molar-refractivity contribution in [1.29, 1.82) is 0 Å². The summed E-state index contributed by atoms with van der Waals surface area (Å²) in [5.74, 6) is -0.0372. The summed E-state index contributed by atoms with van der Waals surface area (Å²) < 4.78 is 0. The predicted octanol–water partition coefficient (Wildman–Crippen LogP) is 7.04. The van der Waals surface area contributed by atoms with Gasteiger partial charge in [0.15, 0.2) is 0 Å². The Morgan fingerprint density at radius 2 is 1.62 bits per heavy atom. The largest absolute Gasteiger partial charge is 0.352 e. The number of nitrogens with one attached hydrogen (secondary N) is 1. The first-order valence-corrected chi connectivity index (χ1v) is 11.0. The number of unbranched alkanes of at least 4 members (excludes halogenated alkanes) is 6. The number of amides is 1. The molecule has 1 N–H and O–H groups in total. The van der Waals surface area contributed by atoms with Gasteiger partial charge in [0.2, 0.25) is 0 Å². The van der Waals surface area contributed by atoms with Gasteiger partial charge in [0.1, 0.15) is 0 Å². The van der Waals surface area contributed by atoms with E-state index < -0.39 is 0 Å². The normalized spacial score (nSPS) is 11.0. The lowest BCUT2D eigenvalue weighted by Gasteiger charge is -2.11. The Hall–Kier alpha value is -2.39. The maximum absolute atomic E-state index is 12.9. The highest BCUT2D eigenvalue weighted by Crippen LogP contribution is 2.26. The Morgan fingerprint density at radius 1 is 0.931 bits per heavy atom. The average molecular weight is 409 g/mol. The van der Waals surface area contributed by atoms with Gasteiger partial charge in [-0.1, -0.05) is 87.4 Å². The van der Waals surface area contributed by atoms with Crippen molar-refractivity contribution in [3.05, 3.63) is 65.2 Å². The van der Waals surface area contributed by atoms with Gasteiger partial charge in [-0.25, -0.2) is 4.98 Å². The van der Waals surface area contributed by atoms with Gasteiger partial charge in [-0.15, -0.1) is 0 Å². The van der Waals surface area contributed by atoms with Crippen LogP contribution in [0.2, 0.25) is 5.02 Å². The van der Waals surface area contributed by atoms with Gasteiger partial charge in [-0.3, -0.25) is 4.79 Å². The summed E-state index contributed by atoms with van der Waals surface area (Å²) in [6.45, 7) is 2.94. The summed E-state index contributed by atoms with van der Waals surface area (Å²) in [4.78, 5) is 17.7. The van der Waals surface area contributed by atoms with E-state index in [0.29, 0.717) is 17.1 Å². The van der Waals surface area contributed by atoms with Gasteiger partial charge in [0, 0.05) is 22.5 Å². The molecular formula is C25H29ClN2O. The minimum atomic E-state index is -0.0372. The molecule has 3 nitrogen and oxygen atoms in total. The van der Waals surface area contributed by atoms with Crippen LogP contribution in [0, 0.1) is 0 Å². The zero-order valence-corrected chi connectivity index (χ0v) is 17.8. The highest BCUT2D eigenvalue weighted by molar-refractivity contribution is 6.30. The number of carbonyl (C=O) groups is 1. The molecule has 29 heavy (non-hydrogen) atoms. The lowest BCUT2D eigenvalue weighted by atomic mass is 10.0. The Kier molecular flexibility index (Phi) is 8.06. The van der Waals surface area contributed by atoms with E-state index in [-0.39, 0.29) is 5.91 Å². The van der Waals surface area contributed by atoms with E-state index in [1.165, 1.54) is 32.1 Å². The fraction of sp³-hybridized carbons (Fsp3) is 0.360. The lowest BCUT2D eigenvalue weighted by molar-refractivity contribution is 0.0954. The third-order valence-electron chi connectivity index (χ3n) is 5.17. The molecule has 0 bridgehead atoms. The molecule has 3 rings (SSSR count). The highest BCUT2D eigenvalue weighted by Gasteiger charge is 2.13. The van der Waals surface area contributed by atoms with Crippen LogP contribution in [0.5, 0.6) is 0 Å². The number of fused-ring (bicyclic) bond motifs is 1. The van der Waals surface area contributed by atoms with Gasteiger partial charge >= 0.3 is 0 Å². The summed E-state index contributed by atoms with van der Waals surface area (Å²) in [5.41, 5.74) is 3.22. The number of hydrogen-bond donors (Lipinski definition) is 1. The molecule has 0 spiro atoms. The topological polar surface area (TPSA) is 42.0 Å². The van der Waals surface area contributed by atoms with E-state index in [0.717, 1.165) is 35.0 Å². The van der Waals surface area contributed by atoms with E-state index in [4.69, 9.17) is 16.6 Å². The van der Waals surface area contributed by atoms with Crippen molar-refractivity contribution in [2.24, 2.45) is 0 Å². The van der Waals surface area contributed by atoms with Crippen LogP contribution in [0.4, 0.5) is 0 Å². The van der Waals surface area contributed by atoms with Gasteiger partial charge in [-0.05, 0) is 30.7 Å². The number of aromatic nitrogens is 1. The Bertz CT molecular complexity index is 937. The number of hydrogen-bond acceptors (Lipinski definition) is 2. The van der Waals surface area contributed by atoms with Crippen molar-refractivity contribution in [3.63, 3.8) is 0 Å². The fourth-order valence-corrected chi connectivity index (χ4v) is 3.64. The molecule has 0 aliphatic rings. The second kappa shape index (κ2) is 11.0. The summed E-state index contributed by atoms with van der Waals surface area (Å²) in [6.07, 6.45) is 8.63. The molecule has 152 valence electrons. The van der Waals surface area contributed by atoms with Crippen LogP contribution in [0.25, 0.3) is 22.2 Å². The summed E-state index contributed by atoms with van der Waals surface area (Å²) >= 11 is 6.01. The van der Waals surface area contributed by atoms with Gasteiger partial charge < -0.3 is 5.32 Å². The minimum Gasteiger partial charge on any atom is -0.352 e. The number of pyridine rings is 1. The number of carbonyl (C=O) groups excluding carboxylic acids is 1. The molecular weight excluding hydrogens is 380 g/mol. The molecule has 0 unspecified atom stereocenters. The van der Waals surface area contributed by atoms with Crippen molar-refractivity contribution in [2.45, 2.75) is 51.9 Å². The van der Waals surface area contributed by atoms with E-state index in [9.17, 15) is 4.79 Å². The number of nitrogens with zero attached hydrogens (tertiary/aromatic N) is 1.